The van der Waals surface area contributed by atoms with Gasteiger partial charge < -0.3 is 19.3 Å². The lowest BCUT2D eigenvalue weighted by atomic mass is 10.0. The lowest BCUT2D eigenvalue weighted by Gasteiger charge is -2.27. The smallest absolute Gasteiger partial charge is 0.416 e. The zero-order chi connectivity index (χ0) is 20.1. The van der Waals surface area contributed by atoms with Crippen LogP contribution in [0.4, 0.5) is 19.0 Å². The Morgan fingerprint density at radius 1 is 1.14 bits per heavy atom. The highest BCUT2D eigenvalue weighted by atomic mass is 19.4. The van der Waals surface area contributed by atoms with Crippen LogP contribution in [0.1, 0.15) is 11.1 Å². The molecular weight excluding hydrogens is 375 g/mol. The van der Waals surface area contributed by atoms with Gasteiger partial charge in [-0.25, -0.2) is 15.0 Å². The number of alkyl halides is 3. The number of aryl methyl sites for hydroxylation is 2. The summed E-state index contributed by atoms with van der Waals surface area (Å²) in [6.07, 6.45) is -2.90. The molecule has 2 aromatic heterocycles. The third-order valence-electron chi connectivity index (χ3n) is 4.77. The maximum Gasteiger partial charge on any atom is 0.416 e. The summed E-state index contributed by atoms with van der Waals surface area (Å²) in [7, 11) is 1.68. The second-order valence-electron chi connectivity index (χ2n) is 6.65. The van der Waals surface area contributed by atoms with Gasteiger partial charge in [-0.3, -0.25) is 0 Å². The van der Waals surface area contributed by atoms with E-state index in [1.54, 1.807) is 17.8 Å². The molecule has 1 N–H and O–H groups in total. The van der Waals surface area contributed by atoms with Crippen LogP contribution in [0.15, 0.2) is 18.3 Å². The molecule has 0 spiro atoms. The average Bonchev–Trinajstić information content (AvgIpc) is 2.97. The minimum absolute atomic E-state index is 0.225. The van der Waals surface area contributed by atoms with E-state index in [1.165, 1.54) is 6.92 Å². The summed E-state index contributed by atoms with van der Waals surface area (Å²) >= 11 is 0. The number of nitrogens with zero attached hydrogens (tertiary/aromatic N) is 5. The molecule has 1 fully saturated rings. The zero-order valence-corrected chi connectivity index (χ0v) is 15.3. The van der Waals surface area contributed by atoms with Crippen molar-refractivity contribution in [3.8, 4) is 17.1 Å². The van der Waals surface area contributed by atoms with Crippen LogP contribution in [-0.4, -0.2) is 50.9 Å². The number of imidazole rings is 1. The Morgan fingerprint density at radius 2 is 1.86 bits per heavy atom. The molecule has 0 saturated carbocycles. The number of anilines is 1. The fourth-order valence-electron chi connectivity index (χ4n) is 3.34. The molecule has 7 nitrogen and oxygen atoms in total. The molecule has 1 aliphatic rings. The van der Waals surface area contributed by atoms with Gasteiger partial charge in [0.05, 0.1) is 30.5 Å². The van der Waals surface area contributed by atoms with E-state index in [0.717, 1.165) is 6.07 Å². The summed E-state index contributed by atoms with van der Waals surface area (Å²) in [5, 5.41) is 10.3. The van der Waals surface area contributed by atoms with Crippen molar-refractivity contribution < 1.29 is 23.0 Å². The number of morpholine rings is 1. The van der Waals surface area contributed by atoms with Gasteiger partial charge in [-0.05, 0) is 24.6 Å². The number of aromatic nitrogens is 4. The monoisotopic (exact) mass is 393 g/mol. The van der Waals surface area contributed by atoms with E-state index in [1.807, 2.05) is 4.90 Å². The SMILES string of the molecule is Cc1cc(C(F)(F)F)cc(O)c1-c1nc2nc(N3CCOCC3)cnc2n1C. The normalized spacial score (nSPS) is 15.4. The second-order valence-corrected chi connectivity index (χ2v) is 6.65. The maximum atomic E-state index is 13.0. The lowest BCUT2D eigenvalue weighted by Crippen LogP contribution is -2.36. The Balaban J connectivity index is 1.80. The van der Waals surface area contributed by atoms with Crippen LogP contribution >= 0.6 is 0 Å². The molecule has 0 radical (unpaired) electrons. The molecule has 1 saturated heterocycles. The quantitative estimate of drug-likeness (QED) is 0.722. The van der Waals surface area contributed by atoms with Crippen LogP contribution in [-0.2, 0) is 18.0 Å². The number of phenols is 1. The molecule has 0 atom stereocenters. The third kappa shape index (κ3) is 3.13. The molecule has 1 aliphatic heterocycles. The Bertz CT molecular complexity index is 1020. The van der Waals surface area contributed by atoms with E-state index in [-0.39, 0.29) is 11.1 Å². The number of aromatic hydroxyl groups is 1. The minimum atomic E-state index is -4.54. The van der Waals surface area contributed by atoms with Gasteiger partial charge in [-0.1, -0.05) is 0 Å². The van der Waals surface area contributed by atoms with Gasteiger partial charge in [0.2, 0.25) is 0 Å². The summed E-state index contributed by atoms with van der Waals surface area (Å²) in [5.74, 6) is 0.478. The van der Waals surface area contributed by atoms with Crippen molar-refractivity contribution in [1.82, 2.24) is 19.5 Å². The van der Waals surface area contributed by atoms with E-state index >= 15 is 0 Å². The Kier molecular flexibility index (Phi) is 4.37. The summed E-state index contributed by atoms with van der Waals surface area (Å²) in [6, 6.07) is 1.70. The first-order valence-corrected chi connectivity index (χ1v) is 8.69. The van der Waals surface area contributed by atoms with E-state index in [9.17, 15) is 18.3 Å². The van der Waals surface area contributed by atoms with Crippen LogP contribution in [0.2, 0.25) is 0 Å². The molecule has 0 aliphatic carbocycles. The standard InChI is InChI=1S/C18H18F3N5O2/c1-10-7-11(18(19,20)21)8-12(27)14(10)16-24-15-17(25(16)2)22-9-13(23-15)26-3-5-28-6-4-26/h7-9,27H,3-6H2,1-2H3. The summed E-state index contributed by atoms with van der Waals surface area (Å²) in [4.78, 5) is 15.4. The highest BCUT2D eigenvalue weighted by Gasteiger charge is 2.32. The number of phenolic OH excluding ortho intramolecular Hbond substituents is 1. The van der Waals surface area contributed by atoms with Crippen molar-refractivity contribution in [2.45, 2.75) is 13.1 Å². The summed E-state index contributed by atoms with van der Waals surface area (Å²) in [5.41, 5.74) is 0.420. The first-order chi connectivity index (χ1) is 13.3. The van der Waals surface area contributed by atoms with E-state index in [4.69, 9.17) is 4.74 Å². The van der Waals surface area contributed by atoms with Crippen molar-refractivity contribution >= 4 is 17.1 Å². The van der Waals surface area contributed by atoms with Crippen LogP contribution in [0.25, 0.3) is 22.7 Å². The number of hydrogen-bond acceptors (Lipinski definition) is 6. The predicted octanol–water partition coefficient (Wildman–Crippen LogP) is 2.90. The molecule has 0 bridgehead atoms. The van der Waals surface area contributed by atoms with Gasteiger partial charge in [0.25, 0.3) is 0 Å². The van der Waals surface area contributed by atoms with Crippen LogP contribution in [0.5, 0.6) is 5.75 Å². The molecule has 10 heteroatoms. The van der Waals surface area contributed by atoms with E-state index < -0.39 is 17.5 Å². The number of fused-ring (bicyclic) bond motifs is 1. The Morgan fingerprint density at radius 3 is 2.50 bits per heavy atom. The number of rotatable bonds is 2. The van der Waals surface area contributed by atoms with Crippen molar-refractivity contribution in [3.05, 3.63) is 29.5 Å². The molecule has 3 heterocycles. The molecule has 3 aromatic rings. The van der Waals surface area contributed by atoms with Crippen molar-refractivity contribution in [3.63, 3.8) is 0 Å². The van der Waals surface area contributed by atoms with Gasteiger partial charge >= 0.3 is 6.18 Å². The summed E-state index contributed by atoms with van der Waals surface area (Å²) in [6.45, 7) is 4.10. The van der Waals surface area contributed by atoms with Gasteiger partial charge in [-0.15, -0.1) is 0 Å². The van der Waals surface area contributed by atoms with Crippen LogP contribution < -0.4 is 4.90 Å². The molecule has 1 aromatic carbocycles. The first kappa shape index (κ1) is 18.5. The zero-order valence-electron chi connectivity index (χ0n) is 15.3. The highest BCUT2D eigenvalue weighted by molar-refractivity contribution is 5.78. The Labute approximate surface area is 158 Å². The van der Waals surface area contributed by atoms with Gasteiger partial charge in [0.15, 0.2) is 11.3 Å². The Hall–Kier alpha value is -2.88. The molecule has 148 valence electrons. The van der Waals surface area contributed by atoms with Crippen LogP contribution in [0.3, 0.4) is 0 Å². The first-order valence-electron chi connectivity index (χ1n) is 8.69. The van der Waals surface area contributed by atoms with Crippen LogP contribution in [0, 0.1) is 6.92 Å². The van der Waals surface area contributed by atoms with Gasteiger partial charge in [-0.2, -0.15) is 13.2 Å². The molecule has 0 unspecified atom stereocenters. The van der Waals surface area contributed by atoms with E-state index in [0.29, 0.717) is 55.3 Å². The fraction of sp³-hybridized carbons (Fsp3) is 0.389. The number of ether oxygens (including phenoxy) is 1. The van der Waals surface area contributed by atoms with Crippen molar-refractivity contribution in [1.29, 1.82) is 0 Å². The average molecular weight is 393 g/mol. The fourth-order valence-corrected chi connectivity index (χ4v) is 3.34. The van der Waals surface area contributed by atoms with Gasteiger partial charge in [0.1, 0.15) is 17.4 Å². The molecular formula is C18H18F3N5O2. The number of hydrogen-bond donors (Lipinski definition) is 1. The number of halogens is 3. The number of benzene rings is 1. The molecule has 4 rings (SSSR count). The third-order valence-corrected chi connectivity index (χ3v) is 4.77. The topological polar surface area (TPSA) is 76.3 Å². The summed E-state index contributed by atoms with van der Waals surface area (Å²) < 4.78 is 45.9. The lowest BCUT2D eigenvalue weighted by molar-refractivity contribution is -0.137. The molecule has 0 amide bonds. The highest BCUT2D eigenvalue weighted by Crippen LogP contribution is 2.39. The second kappa shape index (κ2) is 6.62. The molecule has 28 heavy (non-hydrogen) atoms. The van der Waals surface area contributed by atoms with Crippen molar-refractivity contribution in [2.24, 2.45) is 7.05 Å². The minimum Gasteiger partial charge on any atom is -0.507 e. The van der Waals surface area contributed by atoms with Gasteiger partial charge in [0, 0.05) is 20.1 Å². The van der Waals surface area contributed by atoms with E-state index in [2.05, 4.69) is 15.0 Å². The maximum absolute atomic E-state index is 13.0. The predicted molar refractivity (Wildman–Crippen MR) is 96.2 cm³/mol. The van der Waals surface area contributed by atoms with Crippen molar-refractivity contribution in [2.75, 3.05) is 31.2 Å². The largest absolute Gasteiger partial charge is 0.507 e.